The molecule has 1 fully saturated rings. The number of carbonyl (C=O) groups excluding carboxylic acids is 1. The van der Waals surface area contributed by atoms with Crippen molar-refractivity contribution in [3.8, 4) is 0 Å². The Kier molecular flexibility index (Phi) is 5.67. The third kappa shape index (κ3) is 5.76. The molecule has 5 nitrogen and oxygen atoms in total. The molecule has 0 saturated carbocycles. The predicted octanol–water partition coefficient (Wildman–Crippen LogP) is 3.77. The van der Waals surface area contributed by atoms with Crippen LogP contribution in [0.2, 0.25) is 18.1 Å². The fourth-order valence-corrected chi connectivity index (χ4v) is 3.42. The number of likely N-dealkylation sites (tertiary alicyclic amines) is 1. The van der Waals surface area contributed by atoms with Crippen molar-refractivity contribution in [2.45, 2.75) is 90.3 Å². The van der Waals surface area contributed by atoms with E-state index in [0.29, 0.717) is 13.0 Å². The maximum atomic E-state index is 12.4. The predicted molar refractivity (Wildman–Crippen MR) is 95.1 cm³/mol. The second kappa shape index (κ2) is 6.37. The lowest BCUT2D eigenvalue weighted by atomic mass is 10.0. The molecule has 0 aromatic carbocycles. The van der Waals surface area contributed by atoms with Crippen LogP contribution in [0.5, 0.6) is 0 Å². The SMILES string of the molecule is CC1(O)C[C@@H](CO[Si](C)(C)C(C)(C)C)N(C(=O)OC(C)(C)C)C1. The van der Waals surface area contributed by atoms with Crippen molar-refractivity contribution in [2.24, 2.45) is 0 Å². The molecule has 2 atom stereocenters. The van der Waals surface area contributed by atoms with E-state index in [1.54, 1.807) is 11.8 Å². The summed E-state index contributed by atoms with van der Waals surface area (Å²) in [5.41, 5.74) is -1.44. The number of aliphatic hydroxyl groups is 1. The summed E-state index contributed by atoms with van der Waals surface area (Å²) in [6, 6.07) is -0.144. The molecular formula is C17H35NO4Si. The molecule has 1 rings (SSSR count). The van der Waals surface area contributed by atoms with Crippen LogP contribution in [0.1, 0.15) is 54.9 Å². The minimum atomic E-state index is -1.89. The molecule has 1 aliphatic heterocycles. The highest BCUT2D eigenvalue weighted by Crippen LogP contribution is 2.37. The van der Waals surface area contributed by atoms with E-state index < -0.39 is 19.5 Å². The van der Waals surface area contributed by atoms with Crippen LogP contribution in [-0.2, 0) is 9.16 Å². The topological polar surface area (TPSA) is 59.0 Å². The number of amides is 1. The van der Waals surface area contributed by atoms with Gasteiger partial charge in [0.2, 0.25) is 0 Å². The second-order valence-electron chi connectivity index (χ2n) is 9.53. The van der Waals surface area contributed by atoms with Crippen molar-refractivity contribution in [2.75, 3.05) is 13.2 Å². The van der Waals surface area contributed by atoms with Crippen LogP contribution in [0, 0.1) is 0 Å². The Morgan fingerprint density at radius 1 is 1.26 bits per heavy atom. The molecule has 1 aliphatic rings. The molecule has 0 aromatic rings. The van der Waals surface area contributed by atoms with Gasteiger partial charge in [-0.15, -0.1) is 0 Å². The fraction of sp³-hybridized carbons (Fsp3) is 0.941. The highest BCUT2D eigenvalue weighted by Gasteiger charge is 2.45. The lowest BCUT2D eigenvalue weighted by Gasteiger charge is -2.38. The van der Waals surface area contributed by atoms with Gasteiger partial charge in [0, 0.05) is 6.42 Å². The van der Waals surface area contributed by atoms with Crippen LogP contribution < -0.4 is 0 Å². The molecule has 1 amide bonds. The first-order valence-electron chi connectivity index (χ1n) is 8.40. The lowest BCUT2D eigenvalue weighted by Crippen LogP contribution is -2.47. The van der Waals surface area contributed by atoms with E-state index in [9.17, 15) is 9.90 Å². The maximum Gasteiger partial charge on any atom is 0.410 e. The first kappa shape index (κ1) is 20.5. The molecule has 0 aliphatic carbocycles. The van der Waals surface area contributed by atoms with E-state index in [4.69, 9.17) is 9.16 Å². The first-order valence-corrected chi connectivity index (χ1v) is 11.3. The van der Waals surface area contributed by atoms with E-state index in [1.165, 1.54) is 0 Å². The van der Waals surface area contributed by atoms with E-state index in [1.807, 2.05) is 20.8 Å². The highest BCUT2D eigenvalue weighted by atomic mass is 28.4. The molecule has 0 aromatic heterocycles. The Morgan fingerprint density at radius 2 is 1.78 bits per heavy atom. The van der Waals surface area contributed by atoms with Gasteiger partial charge in [-0.25, -0.2) is 4.79 Å². The Balaban J connectivity index is 2.80. The Bertz CT molecular complexity index is 435. The van der Waals surface area contributed by atoms with E-state index in [-0.39, 0.29) is 23.7 Å². The zero-order valence-corrected chi connectivity index (χ0v) is 17.3. The largest absolute Gasteiger partial charge is 0.444 e. The molecule has 0 spiro atoms. The second-order valence-corrected chi connectivity index (χ2v) is 14.3. The minimum Gasteiger partial charge on any atom is -0.444 e. The smallest absolute Gasteiger partial charge is 0.410 e. The lowest BCUT2D eigenvalue weighted by molar-refractivity contribution is 0.0126. The number of carbonyl (C=O) groups is 1. The number of nitrogens with zero attached hydrogens (tertiary/aromatic N) is 1. The summed E-state index contributed by atoms with van der Waals surface area (Å²) >= 11 is 0. The van der Waals surface area contributed by atoms with Gasteiger partial charge in [-0.05, 0) is 45.8 Å². The summed E-state index contributed by atoms with van der Waals surface area (Å²) in [5, 5.41) is 10.5. The Hall–Kier alpha value is -0.593. The van der Waals surface area contributed by atoms with Crippen molar-refractivity contribution in [1.29, 1.82) is 0 Å². The van der Waals surface area contributed by atoms with Crippen LogP contribution in [0.3, 0.4) is 0 Å². The summed E-state index contributed by atoms with van der Waals surface area (Å²) in [6.07, 6.45) is 0.139. The molecule has 0 radical (unpaired) electrons. The van der Waals surface area contributed by atoms with Crippen LogP contribution in [-0.4, -0.2) is 54.8 Å². The Labute approximate surface area is 142 Å². The molecule has 1 heterocycles. The van der Waals surface area contributed by atoms with Crippen LogP contribution in [0.15, 0.2) is 0 Å². The highest BCUT2D eigenvalue weighted by molar-refractivity contribution is 6.74. The first-order chi connectivity index (χ1) is 10.0. The number of β-amino-alcohol motifs (C(OH)–C–C–N with tert-alkyl or cyclic N) is 1. The third-order valence-electron chi connectivity index (χ3n) is 4.70. The van der Waals surface area contributed by atoms with Crippen molar-refractivity contribution >= 4 is 14.4 Å². The average Bonchev–Trinajstić information content (AvgIpc) is 2.58. The van der Waals surface area contributed by atoms with Crippen LogP contribution in [0.4, 0.5) is 4.79 Å². The molecule has 1 unspecified atom stereocenters. The quantitative estimate of drug-likeness (QED) is 0.791. The van der Waals surface area contributed by atoms with Gasteiger partial charge in [0.05, 0.1) is 24.8 Å². The zero-order valence-electron chi connectivity index (χ0n) is 16.3. The van der Waals surface area contributed by atoms with Gasteiger partial charge < -0.3 is 14.3 Å². The zero-order chi connectivity index (χ0) is 18.3. The summed E-state index contributed by atoms with van der Waals surface area (Å²) in [7, 11) is -1.89. The van der Waals surface area contributed by atoms with Crippen LogP contribution >= 0.6 is 0 Å². The van der Waals surface area contributed by atoms with E-state index in [0.717, 1.165) is 0 Å². The maximum absolute atomic E-state index is 12.4. The molecule has 1 saturated heterocycles. The average molecular weight is 346 g/mol. The van der Waals surface area contributed by atoms with Crippen molar-refractivity contribution in [3.63, 3.8) is 0 Å². The summed E-state index contributed by atoms with van der Waals surface area (Å²) in [4.78, 5) is 14.1. The number of hydrogen-bond donors (Lipinski definition) is 1. The monoisotopic (exact) mass is 345 g/mol. The number of ether oxygens (including phenoxy) is 1. The summed E-state index contributed by atoms with van der Waals surface area (Å²) < 4.78 is 11.7. The van der Waals surface area contributed by atoms with E-state index >= 15 is 0 Å². The standard InChI is InChI=1S/C17H35NO4Si/c1-15(2,3)22-14(19)18-12-17(7,20)10-13(18)11-21-23(8,9)16(4,5)6/h13,20H,10-12H2,1-9H3/t13-,17?/m0/s1. The third-order valence-corrected chi connectivity index (χ3v) is 9.20. The number of hydrogen-bond acceptors (Lipinski definition) is 4. The molecular weight excluding hydrogens is 310 g/mol. The number of rotatable bonds is 3. The normalized spacial score (nSPS) is 26.5. The van der Waals surface area contributed by atoms with Gasteiger partial charge in [-0.3, -0.25) is 4.90 Å². The van der Waals surface area contributed by atoms with Crippen molar-refractivity contribution in [1.82, 2.24) is 4.90 Å². The molecule has 136 valence electrons. The molecule has 0 bridgehead atoms. The van der Waals surface area contributed by atoms with Gasteiger partial charge >= 0.3 is 6.09 Å². The molecule has 6 heteroatoms. The van der Waals surface area contributed by atoms with Gasteiger partial charge in [0.15, 0.2) is 8.32 Å². The van der Waals surface area contributed by atoms with Gasteiger partial charge in [0.25, 0.3) is 0 Å². The van der Waals surface area contributed by atoms with Crippen molar-refractivity contribution < 1.29 is 19.1 Å². The Morgan fingerprint density at radius 3 is 2.22 bits per heavy atom. The van der Waals surface area contributed by atoms with Crippen LogP contribution in [0.25, 0.3) is 0 Å². The fourth-order valence-electron chi connectivity index (χ4n) is 2.38. The van der Waals surface area contributed by atoms with Gasteiger partial charge in [-0.1, -0.05) is 20.8 Å². The minimum absolute atomic E-state index is 0.116. The summed E-state index contributed by atoms with van der Waals surface area (Å²) in [6.45, 7) is 19.0. The summed E-state index contributed by atoms with van der Waals surface area (Å²) in [5.74, 6) is 0. The van der Waals surface area contributed by atoms with E-state index in [2.05, 4.69) is 33.9 Å². The molecule has 23 heavy (non-hydrogen) atoms. The molecule has 1 N–H and O–H groups in total. The van der Waals surface area contributed by atoms with Gasteiger partial charge in [-0.2, -0.15) is 0 Å². The van der Waals surface area contributed by atoms with Crippen molar-refractivity contribution in [3.05, 3.63) is 0 Å². The van der Waals surface area contributed by atoms with Gasteiger partial charge in [0.1, 0.15) is 5.60 Å².